The molecule has 6 nitrogen and oxygen atoms in total. The molecule has 1 heterocycles. The number of carbonyl (C=O) groups is 2. The molecule has 27 heavy (non-hydrogen) atoms. The molecule has 142 valence electrons. The van der Waals surface area contributed by atoms with Crippen molar-refractivity contribution in [3.8, 4) is 5.75 Å². The molecule has 9 heteroatoms. The quantitative estimate of drug-likeness (QED) is 0.784. The number of nitrogens with one attached hydrogen (secondary N) is 2. The SMILES string of the molecule is O=C(CCN1C(=O)COc2ccccc21)NNc1ccccc1C(F)(F)F. The first-order valence-electron chi connectivity index (χ1n) is 8.09. The molecule has 0 aliphatic carbocycles. The Bertz CT molecular complexity index is 855. The molecule has 2 aromatic carbocycles. The molecule has 0 fully saturated rings. The number of hydrazine groups is 1. The van der Waals surface area contributed by atoms with Gasteiger partial charge in [-0.2, -0.15) is 13.2 Å². The highest BCUT2D eigenvalue weighted by atomic mass is 19.4. The highest BCUT2D eigenvalue weighted by molar-refractivity contribution is 5.98. The third kappa shape index (κ3) is 4.30. The van der Waals surface area contributed by atoms with E-state index in [0.29, 0.717) is 11.4 Å². The second-order valence-corrected chi connectivity index (χ2v) is 5.77. The lowest BCUT2D eigenvalue weighted by molar-refractivity contribution is -0.137. The van der Waals surface area contributed by atoms with Crippen molar-refractivity contribution >= 4 is 23.2 Å². The van der Waals surface area contributed by atoms with E-state index in [1.54, 1.807) is 24.3 Å². The van der Waals surface area contributed by atoms with E-state index in [1.165, 1.54) is 23.1 Å². The number of amides is 2. The largest absolute Gasteiger partial charge is 0.482 e. The van der Waals surface area contributed by atoms with Crippen LogP contribution in [0.5, 0.6) is 5.75 Å². The van der Waals surface area contributed by atoms with Crippen LogP contribution in [0.25, 0.3) is 0 Å². The van der Waals surface area contributed by atoms with E-state index in [0.717, 1.165) is 6.07 Å². The summed E-state index contributed by atoms with van der Waals surface area (Å²) in [6.45, 7) is -0.0521. The van der Waals surface area contributed by atoms with Crippen molar-refractivity contribution in [2.75, 3.05) is 23.5 Å². The van der Waals surface area contributed by atoms with Gasteiger partial charge in [0.1, 0.15) is 5.75 Å². The summed E-state index contributed by atoms with van der Waals surface area (Å²) in [5.74, 6) is -0.310. The van der Waals surface area contributed by atoms with E-state index in [9.17, 15) is 22.8 Å². The smallest absolute Gasteiger partial charge is 0.418 e. The van der Waals surface area contributed by atoms with Gasteiger partial charge in [-0.3, -0.25) is 20.4 Å². The number of halogens is 3. The van der Waals surface area contributed by atoms with Gasteiger partial charge in [0, 0.05) is 13.0 Å². The summed E-state index contributed by atoms with van der Waals surface area (Å²) in [4.78, 5) is 25.5. The zero-order valence-electron chi connectivity index (χ0n) is 14.0. The van der Waals surface area contributed by atoms with Gasteiger partial charge >= 0.3 is 6.18 Å². The van der Waals surface area contributed by atoms with E-state index in [2.05, 4.69) is 10.9 Å². The lowest BCUT2D eigenvalue weighted by Crippen LogP contribution is -2.41. The number of fused-ring (bicyclic) bond motifs is 1. The highest BCUT2D eigenvalue weighted by Gasteiger charge is 2.33. The van der Waals surface area contributed by atoms with Gasteiger partial charge in [0.05, 0.1) is 16.9 Å². The van der Waals surface area contributed by atoms with Gasteiger partial charge in [0.25, 0.3) is 5.91 Å². The van der Waals surface area contributed by atoms with E-state index in [4.69, 9.17) is 4.74 Å². The molecule has 0 saturated carbocycles. The molecule has 2 amide bonds. The van der Waals surface area contributed by atoms with Gasteiger partial charge in [0.15, 0.2) is 6.61 Å². The second kappa shape index (κ2) is 7.56. The summed E-state index contributed by atoms with van der Waals surface area (Å²) in [7, 11) is 0. The van der Waals surface area contributed by atoms with Crippen LogP contribution in [0, 0.1) is 0 Å². The predicted octanol–water partition coefficient (Wildman–Crippen LogP) is 2.96. The number of rotatable bonds is 5. The zero-order chi connectivity index (χ0) is 19.4. The molecule has 0 atom stereocenters. The van der Waals surface area contributed by atoms with Crippen molar-refractivity contribution < 1.29 is 27.5 Å². The maximum absolute atomic E-state index is 12.9. The number of para-hydroxylation sites is 3. The van der Waals surface area contributed by atoms with Crippen LogP contribution < -0.4 is 20.5 Å². The Morgan fingerprint density at radius 2 is 1.81 bits per heavy atom. The normalized spacial score (nSPS) is 13.6. The summed E-state index contributed by atoms with van der Waals surface area (Å²) in [6, 6.07) is 11.7. The Balaban J connectivity index is 1.59. The molecule has 1 aliphatic rings. The molecule has 0 radical (unpaired) electrons. The van der Waals surface area contributed by atoms with Crippen LogP contribution in [0.4, 0.5) is 24.5 Å². The third-order valence-electron chi connectivity index (χ3n) is 3.94. The number of hydrogen-bond donors (Lipinski definition) is 2. The van der Waals surface area contributed by atoms with Crippen LogP contribution in [0.1, 0.15) is 12.0 Å². The minimum absolute atomic E-state index is 0.0770. The van der Waals surface area contributed by atoms with Gasteiger partial charge in [-0.25, -0.2) is 0 Å². The number of ether oxygens (including phenoxy) is 1. The van der Waals surface area contributed by atoms with Crippen LogP contribution in [-0.4, -0.2) is 25.0 Å². The number of hydrogen-bond acceptors (Lipinski definition) is 4. The molecule has 2 aromatic rings. The Hall–Kier alpha value is -3.23. The average Bonchev–Trinajstić information content (AvgIpc) is 2.65. The monoisotopic (exact) mass is 379 g/mol. The molecular weight excluding hydrogens is 363 g/mol. The lowest BCUT2D eigenvalue weighted by atomic mass is 10.2. The van der Waals surface area contributed by atoms with Crippen LogP contribution in [-0.2, 0) is 15.8 Å². The van der Waals surface area contributed by atoms with E-state index in [1.807, 2.05) is 0 Å². The van der Waals surface area contributed by atoms with Crippen molar-refractivity contribution in [1.82, 2.24) is 5.43 Å². The number of anilines is 2. The van der Waals surface area contributed by atoms with E-state index in [-0.39, 0.29) is 31.2 Å². The Morgan fingerprint density at radius 1 is 1.11 bits per heavy atom. The van der Waals surface area contributed by atoms with Crippen molar-refractivity contribution in [3.63, 3.8) is 0 Å². The third-order valence-corrected chi connectivity index (χ3v) is 3.94. The summed E-state index contributed by atoms with van der Waals surface area (Å²) >= 11 is 0. The Labute approximate surface area is 152 Å². The second-order valence-electron chi connectivity index (χ2n) is 5.77. The van der Waals surface area contributed by atoms with Crippen LogP contribution in [0.15, 0.2) is 48.5 Å². The molecule has 3 rings (SSSR count). The fourth-order valence-electron chi connectivity index (χ4n) is 2.65. The van der Waals surface area contributed by atoms with Crippen molar-refractivity contribution in [1.29, 1.82) is 0 Å². The first-order chi connectivity index (χ1) is 12.9. The summed E-state index contributed by atoms with van der Waals surface area (Å²) < 4.78 is 44.1. The van der Waals surface area contributed by atoms with Gasteiger partial charge in [-0.1, -0.05) is 24.3 Å². The Kier molecular flexibility index (Phi) is 5.20. The van der Waals surface area contributed by atoms with Crippen LogP contribution in [0.3, 0.4) is 0 Å². The van der Waals surface area contributed by atoms with Crippen molar-refractivity contribution in [2.45, 2.75) is 12.6 Å². The lowest BCUT2D eigenvalue weighted by Gasteiger charge is -2.29. The summed E-state index contributed by atoms with van der Waals surface area (Å²) in [5.41, 5.74) is 3.93. The molecule has 0 bridgehead atoms. The molecule has 2 N–H and O–H groups in total. The fourth-order valence-corrected chi connectivity index (χ4v) is 2.65. The zero-order valence-corrected chi connectivity index (χ0v) is 14.0. The number of benzene rings is 2. The van der Waals surface area contributed by atoms with Crippen molar-refractivity contribution in [2.24, 2.45) is 0 Å². The molecule has 1 aliphatic heterocycles. The summed E-state index contributed by atoms with van der Waals surface area (Å²) in [5, 5.41) is 0. The van der Waals surface area contributed by atoms with E-state index >= 15 is 0 Å². The molecular formula is C18H16F3N3O3. The van der Waals surface area contributed by atoms with Gasteiger partial charge in [-0.15, -0.1) is 0 Å². The summed E-state index contributed by atoms with van der Waals surface area (Å²) in [6.07, 6.45) is -4.64. The fraction of sp³-hybridized carbons (Fsp3) is 0.222. The maximum Gasteiger partial charge on any atom is 0.418 e. The minimum Gasteiger partial charge on any atom is -0.482 e. The molecule has 0 saturated heterocycles. The maximum atomic E-state index is 12.9. The predicted molar refractivity (Wildman–Crippen MR) is 92.1 cm³/mol. The standard InChI is InChI=1S/C18H16F3N3O3/c19-18(20,21)12-5-1-2-6-13(12)22-23-16(25)9-10-24-14-7-3-4-8-15(14)27-11-17(24)26/h1-8,22H,9-11H2,(H,23,25). The van der Waals surface area contributed by atoms with Gasteiger partial charge in [0.2, 0.25) is 5.91 Å². The number of carbonyl (C=O) groups excluding carboxylic acids is 2. The average molecular weight is 379 g/mol. The number of nitrogens with zero attached hydrogens (tertiary/aromatic N) is 1. The van der Waals surface area contributed by atoms with E-state index < -0.39 is 17.6 Å². The molecule has 0 unspecified atom stereocenters. The number of alkyl halides is 3. The van der Waals surface area contributed by atoms with Crippen LogP contribution >= 0.6 is 0 Å². The molecule has 0 spiro atoms. The van der Waals surface area contributed by atoms with Gasteiger partial charge < -0.3 is 9.64 Å². The van der Waals surface area contributed by atoms with Crippen molar-refractivity contribution in [3.05, 3.63) is 54.1 Å². The topological polar surface area (TPSA) is 70.7 Å². The van der Waals surface area contributed by atoms with Gasteiger partial charge in [-0.05, 0) is 24.3 Å². The molecule has 0 aromatic heterocycles. The first-order valence-corrected chi connectivity index (χ1v) is 8.09. The van der Waals surface area contributed by atoms with Crippen LogP contribution in [0.2, 0.25) is 0 Å². The Morgan fingerprint density at radius 3 is 2.59 bits per heavy atom. The first kappa shape index (κ1) is 18.6. The minimum atomic E-state index is -4.54. The highest BCUT2D eigenvalue weighted by Crippen LogP contribution is 2.34.